The molecule has 6 heteroatoms. The Bertz CT molecular complexity index is 320. The fraction of sp³-hybridized carbons (Fsp3) is 0.500. The van der Waals surface area contributed by atoms with E-state index in [1.165, 1.54) is 12.8 Å². The zero-order chi connectivity index (χ0) is 13.2. The fourth-order valence-corrected chi connectivity index (χ4v) is 1.45. The lowest BCUT2D eigenvalue weighted by Gasteiger charge is -2.10. The lowest BCUT2D eigenvalue weighted by Crippen LogP contribution is -2.20. The lowest BCUT2D eigenvalue weighted by molar-refractivity contribution is 0.198. The summed E-state index contributed by atoms with van der Waals surface area (Å²) in [6, 6.07) is 6.80. The number of benzene rings is 1. The Balaban J connectivity index is 0.000000269. The van der Waals surface area contributed by atoms with E-state index in [1.54, 1.807) is 24.3 Å². The third kappa shape index (κ3) is 5.91. The highest BCUT2D eigenvalue weighted by Crippen LogP contribution is 2.26. The normalized spacial score (nSPS) is 13.5. The zero-order valence-corrected chi connectivity index (χ0v) is 10.5. The van der Waals surface area contributed by atoms with E-state index in [9.17, 15) is 0 Å². The van der Waals surface area contributed by atoms with Crippen LogP contribution in [0.15, 0.2) is 24.3 Å². The van der Waals surface area contributed by atoms with Crippen LogP contribution < -0.4 is 9.39 Å². The second kappa shape index (κ2) is 8.80. The third-order valence-electron chi connectivity index (χ3n) is 2.21. The zero-order valence-electron chi connectivity index (χ0n) is 10.5. The van der Waals surface area contributed by atoms with Gasteiger partial charge >= 0.3 is 7.32 Å². The number of ether oxygens (including phenoxy) is 2. The molecule has 5 nitrogen and oxygen atoms in total. The molecule has 0 bridgehead atoms. The van der Waals surface area contributed by atoms with Crippen LogP contribution in [-0.2, 0) is 4.74 Å². The molecule has 1 aliphatic heterocycles. The molecule has 0 aliphatic carbocycles. The van der Waals surface area contributed by atoms with E-state index in [0.717, 1.165) is 13.2 Å². The minimum absolute atomic E-state index is 0.319. The van der Waals surface area contributed by atoms with Crippen molar-refractivity contribution in [2.45, 2.75) is 19.8 Å². The Kier molecular flexibility index (Phi) is 7.25. The van der Waals surface area contributed by atoms with Gasteiger partial charge in [-0.15, -0.1) is 0 Å². The first-order valence-corrected chi connectivity index (χ1v) is 6.06. The summed E-state index contributed by atoms with van der Waals surface area (Å²) in [4.78, 5) is 0. The van der Waals surface area contributed by atoms with Gasteiger partial charge in [0.15, 0.2) is 5.75 Å². The van der Waals surface area contributed by atoms with Crippen LogP contribution >= 0.6 is 0 Å². The van der Waals surface area contributed by atoms with Gasteiger partial charge in [-0.2, -0.15) is 0 Å². The first kappa shape index (κ1) is 14.8. The molecule has 0 saturated carbocycles. The molecule has 1 aliphatic rings. The van der Waals surface area contributed by atoms with Crippen LogP contribution in [0.4, 0.5) is 0 Å². The van der Waals surface area contributed by atoms with E-state index >= 15 is 0 Å². The Labute approximate surface area is 107 Å². The molecule has 1 aromatic rings. The van der Waals surface area contributed by atoms with Crippen molar-refractivity contribution in [1.29, 1.82) is 0 Å². The molecular formula is C12H19BO5. The molecule has 0 atom stereocenters. The van der Waals surface area contributed by atoms with Gasteiger partial charge in [0.25, 0.3) is 0 Å². The maximum absolute atomic E-state index is 8.58. The Hall–Kier alpha value is -1.24. The largest absolute Gasteiger partial charge is 0.707 e. The monoisotopic (exact) mass is 254 g/mol. The minimum Gasteiger partial charge on any atom is -0.509 e. The molecular weight excluding hydrogens is 235 g/mol. The predicted molar refractivity (Wildman–Crippen MR) is 68.5 cm³/mol. The number of para-hydroxylation sites is 2. The van der Waals surface area contributed by atoms with Gasteiger partial charge in [0.05, 0.1) is 6.61 Å². The smallest absolute Gasteiger partial charge is 0.509 e. The van der Waals surface area contributed by atoms with Crippen molar-refractivity contribution < 1.29 is 24.2 Å². The van der Waals surface area contributed by atoms with Crippen molar-refractivity contribution >= 4 is 7.32 Å². The first-order valence-electron chi connectivity index (χ1n) is 6.06. The van der Waals surface area contributed by atoms with Gasteiger partial charge in [-0.25, -0.2) is 0 Å². The molecule has 18 heavy (non-hydrogen) atoms. The second-order valence-electron chi connectivity index (χ2n) is 3.64. The lowest BCUT2D eigenvalue weighted by atomic mass is 10.2. The van der Waals surface area contributed by atoms with Gasteiger partial charge in [0, 0.05) is 13.2 Å². The summed E-state index contributed by atoms with van der Waals surface area (Å²) in [5.74, 6) is 0.817. The Morgan fingerprint density at radius 1 is 1.17 bits per heavy atom. The van der Waals surface area contributed by atoms with Crippen LogP contribution in [0.1, 0.15) is 19.8 Å². The topological polar surface area (TPSA) is 68.2 Å². The third-order valence-corrected chi connectivity index (χ3v) is 2.21. The van der Waals surface area contributed by atoms with Crippen molar-refractivity contribution in [3.63, 3.8) is 0 Å². The Morgan fingerprint density at radius 2 is 1.78 bits per heavy atom. The number of rotatable bonds is 4. The standard InChI is InChI=1S/C8H11BO4.C4H8O/c1-2-12-7-5-3-4-6-8(7)13-9(10)11;1-2-4-5-3-1/h3-6,10-11H,2H2,1H3;1-4H2. The minimum atomic E-state index is -1.82. The van der Waals surface area contributed by atoms with Gasteiger partial charge in [-0.1, -0.05) is 12.1 Å². The van der Waals surface area contributed by atoms with Crippen molar-refractivity contribution in [3.8, 4) is 11.5 Å². The van der Waals surface area contributed by atoms with Crippen molar-refractivity contribution in [2.24, 2.45) is 0 Å². The van der Waals surface area contributed by atoms with Crippen LogP contribution in [0, 0.1) is 0 Å². The van der Waals surface area contributed by atoms with Gasteiger partial charge in [0.1, 0.15) is 5.75 Å². The molecule has 0 spiro atoms. The summed E-state index contributed by atoms with van der Waals surface area (Å²) < 4.78 is 14.8. The van der Waals surface area contributed by atoms with E-state index in [-0.39, 0.29) is 0 Å². The van der Waals surface area contributed by atoms with Gasteiger partial charge in [0.2, 0.25) is 0 Å². The highest BCUT2D eigenvalue weighted by molar-refractivity contribution is 6.33. The first-order chi connectivity index (χ1) is 8.74. The summed E-state index contributed by atoms with van der Waals surface area (Å²) in [6.45, 7) is 4.34. The fourth-order valence-electron chi connectivity index (χ4n) is 1.45. The SMILES string of the molecule is C1CCOC1.CCOc1ccccc1OB(O)O. The molecule has 2 N–H and O–H groups in total. The number of hydrogen-bond acceptors (Lipinski definition) is 5. The summed E-state index contributed by atoms with van der Waals surface area (Å²) in [6.07, 6.45) is 2.56. The average Bonchev–Trinajstić information content (AvgIpc) is 2.90. The quantitative estimate of drug-likeness (QED) is 0.791. The highest BCUT2D eigenvalue weighted by atomic mass is 16.6. The Morgan fingerprint density at radius 3 is 2.22 bits per heavy atom. The van der Waals surface area contributed by atoms with Crippen LogP contribution in [0.25, 0.3) is 0 Å². The van der Waals surface area contributed by atoms with Crippen LogP contribution in [-0.4, -0.2) is 37.2 Å². The summed E-state index contributed by atoms with van der Waals surface area (Å²) in [7, 11) is -1.82. The maximum atomic E-state index is 8.58. The van der Waals surface area contributed by atoms with Crippen LogP contribution in [0.3, 0.4) is 0 Å². The van der Waals surface area contributed by atoms with E-state index in [2.05, 4.69) is 4.65 Å². The predicted octanol–water partition coefficient (Wildman–Crippen LogP) is 1.23. The molecule has 0 aromatic heterocycles. The van der Waals surface area contributed by atoms with E-state index in [0.29, 0.717) is 18.1 Å². The van der Waals surface area contributed by atoms with Crippen molar-refractivity contribution in [2.75, 3.05) is 19.8 Å². The molecule has 0 amide bonds. The molecule has 0 radical (unpaired) electrons. The molecule has 2 rings (SSSR count). The van der Waals surface area contributed by atoms with E-state index in [4.69, 9.17) is 19.5 Å². The maximum Gasteiger partial charge on any atom is 0.707 e. The van der Waals surface area contributed by atoms with Gasteiger partial charge < -0.3 is 24.2 Å². The summed E-state index contributed by atoms with van der Waals surface area (Å²) in [5.41, 5.74) is 0. The van der Waals surface area contributed by atoms with Crippen LogP contribution in [0.5, 0.6) is 11.5 Å². The van der Waals surface area contributed by atoms with E-state index < -0.39 is 7.32 Å². The van der Waals surface area contributed by atoms with E-state index in [1.807, 2.05) is 6.92 Å². The molecule has 1 fully saturated rings. The summed E-state index contributed by atoms with van der Waals surface area (Å²) in [5, 5.41) is 17.2. The molecule has 1 aromatic carbocycles. The second-order valence-corrected chi connectivity index (χ2v) is 3.64. The van der Waals surface area contributed by atoms with Gasteiger partial charge in [-0.3, -0.25) is 0 Å². The molecule has 1 saturated heterocycles. The molecule has 100 valence electrons. The van der Waals surface area contributed by atoms with Crippen molar-refractivity contribution in [3.05, 3.63) is 24.3 Å². The highest BCUT2D eigenvalue weighted by Gasteiger charge is 2.14. The summed E-state index contributed by atoms with van der Waals surface area (Å²) >= 11 is 0. The average molecular weight is 254 g/mol. The van der Waals surface area contributed by atoms with Gasteiger partial charge in [-0.05, 0) is 31.9 Å². The van der Waals surface area contributed by atoms with Crippen molar-refractivity contribution in [1.82, 2.24) is 0 Å². The number of hydrogen-bond donors (Lipinski definition) is 2. The molecule has 1 heterocycles. The van der Waals surface area contributed by atoms with Crippen LogP contribution in [0.2, 0.25) is 0 Å². The molecule has 0 unspecified atom stereocenters.